The maximum absolute atomic E-state index is 12.7. The van der Waals surface area contributed by atoms with Crippen molar-refractivity contribution in [1.29, 1.82) is 0 Å². The minimum Gasteiger partial charge on any atom is -0.345 e. The van der Waals surface area contributed by atoms with Gasteiger partial charge >= 0.3 is 0 Å². The third kappa shape index (κ3) is 4.20. The Labute approximate surface area is 154 Å². The molecule has 1 N–H and O–H groups in total. The number of hydrogen-bond donors (Lipinski definition) is 1. The van der Waals surface area contributed by atoms with E-state index in [2.05, 4.69) is 52.4 Å². The highest BCUT2D eigenvalue weighted by molar-refractivity contribution is 9.10. The summed E-state index contributed by atoms with van der Waals surface area (Å²) in [4.78, 5) is 14.7. The van der Waals surface area contributed by atoms with E-state index in [9.17, 15) is 4.79 Å². The van der Waals surface area contributed by atoms with Crippen LogP contribution in [0, 0.1) is 11.8 Å². The fraction of sp³-hybridized carbons (Fsp3) is 0.650. The Hall–Kier alpha value is -0.870. The third-order valence-electron chi connectivity index (χ3n) is 5.96. The van der Waals surface area contributed by atoms with E-state index >= 15 is 0 Å². The van der Waals surface area contributed by atoms with Crippen molar-refractivity contribution >= 4 is 21.8 Å². The van der Waals surface area contributed by atoms with E-state index in [1.165, 1.54) is 31.2 Å². The Kier molecular flexibility index (Phi) is 5.66. The molecule has 1 amide bonds. The summed E-state index contributed by atoms with van der Waals surface area (Å²) < 4.78 is 1.11. The van der Waals surface area contributed by atoms with Gasteiger partial charge < -0.3 is 10.2 Å². The van der Waals surface area contributed by atoms with Crippen LogP contribution in [-0.2, 0) is 10.2 Å². The maximum Gasteiger partial charge on any atom is 0.222 e. The van der Waals surface area contributed by atoms with Gasteiger partial charge in [-0.15, -0.1) is 0 Å². The lowest BCUT2D eigenvalue weighted by atomic mass is 9.84. The monoisotopic (exact) mass is 392 g/mol. The zero-order valence-electron chi connectivity index (χ0n) is 14.9. The van der Waals surface area contributed by atoms with Crippen molar-refractivity contribution in [3.05, 3.63) is 34.3 Å². The molecular weight excluding hydrogens is 364 g/mol. The Balaban J connectivity index is 1.55. The fourth-order valence-electron chi connectivity index (χ4n) is 4.05. The number of amides is 1. The molecule has 1 aliphatic carbocycles. The fourth-order valence-corrected chi connectivity index (χ4v) is 4.31. The molecule has 2 fully saturated rings. The lowest BCUT2D eigenvalue weighted by Gasteiger charge is -2.30. The molecule has 0 bridgehead atoms. The van der Waals surface area contributed by atoms with Crippen LogP contribution in [0.5, 0.6) is 0 Å². The molecule has 132 valence electrons. The van der Waals surface area contributed by atoms with Crippen LogP contribution >= 0.6 is 15.9 Å². The lowest BCUT2D eigenvalue weighted by molar-refractivity contribution is -0.131. The van der Waals surface area contributed by atoms with Crippen molar-refractivity contribution in [3.8, 4) is 0 Å². The van der Waals surface area contributed by atoms with Gasteiger partial charge in [-0.25, -0.2) is 0 Å². The van der Waals surface area contributed by atoms with Crippen LogP contribution in [0.4, 0.5) is 0 Å². The number of nitrogens with one attached hydrogen (secondary N) is 1. The third-order valence-corrected chi connectivity index (χ3v) is 6.49. The minimum absolute atomic E-state index is 0.198. The molecule has 3 rings (SSSR count). The number of hydrogen-bond acceptors (Lipinski definition) is 2. The van der Waals surface area contributed by atoms with Crippen LogP contribution in [0.15, 0.2) is 28.7 Å². The maximum atomic E-state index is 12.7. The van der Waals surface area contributed by atoms with Gasteiger partial charge in [0.2, 0.25) is 5.91 Å². The van der Waals surface area contributed by atoms with E-state index in [4.69, 9.17) is 0 Å². The van der Waals surface area contributed by atoms with Crippen LogP contribution in [0.1, 0.15) is 44.6 Å². The Morgan fingerprint density at radius 2 is 1.92 bits per heavy atom. The zero-order valence-corrected chi connectivity index (χ0v) is 16.4. The summed E-state index contributed by atoms with van der Waals surface area (Å²) in [5.74, 6) is 1.50. The minimum atomic E-state index is 0.198. The van der Waals surface area contributed by atoms with Gasteiger partial charge in [-0.2, -0.15) is 0 Å². The average Bonchev–Trinajstić information content (AvgIpc) is 3.36. The van der Waals surface area contributed by atoms with Crippen molar-refractivity contribution in [1.82, 2.24) is 10.2 Å². The highest BCUT2D eigenvalue weighted by atomic mass is 79.9. The summed E-state index contributed by atoms with van der Waals surface area (Å²) in [5.41, 5.74) is 1.57. The Morgan fingerprint density at radius 3 is 2.50 bits per heavy atom. The number of benzene rings is 1. The first-order chi connectivity index (χ1) is 11.5. The molecule has 24 heavy (non-hydrogen) atoms. The number of carbonyl (C=O) groups excluding carboxylic acids is 1. The highest BCUT2D eigenvalue weighted by Gasteiger charge is 2.45. The molecular formula is C20H29BrN2O. The molecule has 1 heterocycles. The van der Waals surface area contributed by atoms with Crippen molar-refractivity contribution in [3.63, 3.8) is 0 Å². The van der Waals surface area contributed by atoms with Crippen molar-refractivity contribution in [2.24, 2.45) is 11.8 Å². The topological polar surface area (TPSA) is 32.3 Å². The summed E-state index contributed by atoms with van der Waals surface area (Å²) in [5, 5.41) is 3.41. The molecule has 0 radical (unpaired) electrons. The molecule has 0 spiro atoms. The number of likely N-dealkylation sites (N-methyl/N-ethyl adjacent to an activating group) is 1. The van der Waals surface area contributed by atoms with Gasteiger partial charge in [0.05, 0.1) is 0 Å². The quantitative estimate of drug-likeness (QED) is 0.794. The number of halogens is 1. The standard InChI is InChI=1S/C20H29BrN2O/c1-15(16-7-11-22-12-8-16)13-19(24)23(2)14-20(9-10-20)17-3-5-18(21)6-4-17/h3-6,15-16,22H,7-14H2,1-2H3. The smallest absolute Gasteiger partial charge is 0.222 e. The second-order valence-corrected chi connectivity index (χ2v) is 8.72. The van der Waals surface area contributed by atoms with E-state index in [1.54, 1.807) is 0 Å². The summed E-state index contributed by atoms with van der Waals surface area (Å²) in [6.07, 6.45) is 5.49. The first-order valence-corrected chi connectivity index (χ1v) is 10.0. The first-order valence-electron chi connectivity index (χ1n) is 9.21. The van der Waals surface area contributed by atoms with Crippen molar-refractivity contribution in [2.75, 3.05) is 26.7 Å². The van der Waals surface area contributed by atoms with E-state index in [0.29, 0.717) is 24.2 Å². The molecule has 1 unspecified atom stereocenters. The van der Waals surface area contributed by atoms with Crippen molar-refractivity contribution in [2.45, 2.75) is 44.4 Å². The van der Waals surface area contributed by atoms with Gasteiger partial charge in [0.15, 0.2) is 0 Å². The van der Waals surface area contributed by atoms with Gasteiger partial charge in [0, 0.05) is 29.9 Å². The van der Waals surface area contributed by atoms with Crippen molar-refractivity contribution < 1.29 is 4.79 Å². The molecule has 3 nitrogen and oxygen atoms in total. The second-order valence-electron chi connectivity index (χ2n) is 7.81. The normalized spacial score (nSPS) is 21.3. The first kappa shape index (κ1) is 17.9. The summed E-state index contributed by atoms with van der Waals surface area (Å²) >= 11 is 3.50. The molecule has 0 aromatic heterocycles. The summed E-state index contributed by atoms with van der Waals surface area (Å²) in [6.45, 7) is 5.31. The largest absolute Gasteiger partial charge is 0.345 e. The highest BCUT2D eigenvalue weighted by Crippen LogP contribution is 2.48. The molecule has 1 aromatic carbocycles. The molecule has 1 saturated carbocycles. The number of nitrogens with zero attached hydrogens (tertiary/aromatic N) is 1. The second kappa shape index (κ2) is 7.57. The van der Waals surface area contributed by atoms with Crippen LogP contribution in [-0.4, -0.2) is 37.5 Å². The van der Waals surface area contributed by atoms with Crippen LogP contribution in [0.2, 0.25) is 0 Å². The molecule has 2 aliphatic rings. The SMILES string of the molecule is CC(CC(=O)N(C)CC1(c2ccc(Br)cc2)CC1)C1CCNCC1. The molecule has 1 aliphatic heterocycles. The van der Waals surface area contributed by atoms with Crippen LogP contribution in [0.3, 0.4) is 0 Å². The summed E-state index contributed by atoms with van der Waals surface area (Å²) in [7, 11) is 1.98. The number of rotatable bonds is 6. The van der Waals surface area contributed by atoms with Gasteiger partial charge in [-0.1, -0.05) is 35.0 Å². The van der Waals surface area contributed by atoms with Gasteiger partial charge in [0.25, 0.3) is 0 Å². The zero-order chi connectivity index (χ0) is 17.2. The van der Waals surface area contributed by atoms with Gasteiger partial charge in [0.1, 0.15) is 0 Å². The molecule has 4 heteroatoms. The van der Waals surface area contributed by atoms with Gasteiger partial charge in [-0.3, -0.25) is 4.79 Å². The van der Waals surface area contributed by atoms with E-state index in [1.807, 2.05) is 11.9 Å². The lowest BCUT2D eigenvalue weighted by Crippen LogP contribution is -2.37. The van der Waals surface area contributed by atoms with Gasteiger partial charge in [-0.05, 0) is 68.3 Å². The predicted octanol–water partition coefficient (Wildman–Crippen LogP) is 3.96. The molecule has 1 aromatic rings. The number of piperidine rings is 1. The summed E-state index contributed by atoms with van der Waals surface area (Å²) in [6, 6.07) is 8.62. The predicted molar refractivity (Wildman–Crippen MR) is 102 cm³/mol. The molecule has 1 atom stereocenters. The van der Waals surface area contributed by atoms with E-state index in [-0.39, 0.29) is 5.41 Å². The van der Waals surface area contributed by atoms with E-state index in [0.717, 1.165) is 24.1 Å². The van der Waals surface area contributed by atoms with Crippen LogP contribution < -0.4 is 5.32 Å². The van der Waals surface area contributed by atoms with Crippen LogP contribution in [0.25, 0.3) is 0 Å². The average molecular weight is 393 g/mol. The van der Waals surface area contributed by atoms with E-state index < -0.39 is 0 Å². The number of carbonyl (C=O) groups is 1. The Morgan fingerprint density at radius 1 is 1.29 bits per heavy atom. The molecule has 1 saturated heterocycles. The Bertz CT molecular complexity index is 562.